The van der Waals surface area contributed by atoms with Gasteiger partial charge < -0.3 is 34.3 Å². The lowest BCUT2D eigenvalue weighted by Crippen LogP contribution is -2.21. The highest BCUT2D eigenvalue weighted by atomic mass is 16.5. The molecule has 0 bridgehead atoms. The highest BCUT2D eigenvalue weighted by molar-refractivity contribution is 5.51. The maximum atomic E-state index is 11.4. The van der Waals surface area contributed by atoms with Gasteiger partial charge in [0, 0.05) is 24.1 Å². The summed E-state index contributed by atoms with van der Waals surface area (Å²) in [4.78, 5) is 0. The van der Waals surface area contributed by atoms with Gasteiger partial charge in [-0.1, -0.05) is 127 Å². The molecule has 254 valence electrons. The van der Waals surface area contributed by atoms with Crippen LogP contribution < -0.4 is 18.9 Å². The SMILES string of the molecule is Oc1cc(OCc2ccccc2)cc(OCc2ccccc2)c1[13CH2][C@@H](O)[13C@H](O)c1ccc(OCc2ccccc2)c(OCc2ccccc2)c1. The molecule has 0 spiro atoms. The van der Waals surface area contributed by atoms with Crippen LogP contribution in [0.1, 0.15) is 39.5 Å². The van der Waals surface area contributed by atoms with Gasteiger partial charge in [-0.25, -0.2) is 0 Å². The molecule has 0 heterocycles. The predicted octanol–water partition coefficient (Wildman–Crippen LogP) is 8.35. The molecule has 0 radical (unpaired) electrons. The highest BCUT2D eigenvalue weighted by Gasteiger charge is 2.25. The number of rotatable bonds is 16. The number of hydrogen-bond acceptors (Lipinski definition) is 7. The lowest BCUT2D eigenvalue weighted by molar-refractivity contribution is 0.0180. The topological polar surface area (TPSA) is 97.6 Å². The largest absolute Gasteiger partial charge is 0.507 e. The Morgan fingerprint density at radius 3 is 1.38 bits per heavy atom. The number of phenolic OH excluding ortho intramolecular Hbond substituents is 1. The Morgan fingerprint density at radius 1 is 0.440 bits per heavy atom. The maximum absolute atomic E-state index is 11.4. The first-order valence-electron chi connectivity index (χ1n) is 16.5. The molecule has 0 saturated carbocycles. The average molecular weight is 671 g/mol. The van der Waals surface area contributed by atoms with E-state index >= 15 is 0 Å². The monoisotopic (exact) mass is 670 g/mol. The summed E-state index contributed by atoms with van der Waals surface area (Å²) in [5.41, 5.74) is 4.67. The molecule has 6 aromatic rings. The number of benzene rings is 6. The number of ether oxygens (including phenoxy) is 4. The van der Waals surface area contributed by atoms with Gasteiger partial charge >= 0.3 is 0 Å². The molecule has 0 amide bonds. The first kappa shape index (κ1) is 34.1. The molecule has 50 heavy (non-hydrogen) atoms. The van der Waals surface area contributed by atoms with Gasteiger partial charge in [-0.15, -0.1) is 0 Å². The van der Waals surface area contributed by atoms with Crippen molar-refractivity contribution in [3.05, 3.63) is 185 Å². The van der Waals surface area contributed by atoms with Crippen molar-refractivity contribution < 1.29 is 34.3 Å². The smallest absolute Gasteiger partial charge is 0.162 e. The molecular weight excluding hydrogens is 630 g/mol. The van der Waals surface area contributed by atoms with E-state index in [0.29, 0.717) is 53.9 Å². The van der Waals surface area contributed by atoms with Crippen LogP contribution in [0.15, 0.2) is 152 Å². The zero-order valence-corrected chi connectivity index (χ0v) is 27.6. The summed E-state index contributed by atoms with van der Waals surface area (Å²) < 4.78 is 24.5. The molecule has 0 aliphatic carbocycles. The zero-order valence-electron chi connectivity index (χ0n) is 27.6. The molecular formula is C43H40O7. The summed E-state index contributed by atoms with van der Waals surface area (Å²) in [6.45, 7) is 1.17. The summed E-state index contributed by atoms with van der Waals surface area (Å²) in [6, 6.07) is 47.3. The van der Waals surface area contributed by atoms with Crippen molar-refractivity contribution >= 4 is 0 Å². The van der Waals surface area contributed by atoms with Crippen molar-refractivity contribution in [2.75, 3.05) is 0 Å². The third-order valence-corrected chi connectivity index (χ3v) is 8.21. The first-order chi connectivity index (χ1) is 24.5. The summed E-state index contributed by atoms with van der Waals surface area (Å²) >= 11 is 0. The molecule has 0 fully saturated rings. The lowest BCUT2D eigenvalue weighted by atomic mass is 10.1. The molecule has 6 rings (SSSR count). The van der Waals surface area contributed by atoms with Gasteiger partial charge in [-0.3, -0.25) is 0 Å². The van der Waals surface area contributed by atoms with E-state index in [2.05, 4.69) is 0 Å². The fraction of sp³-hybridized carbons (Fsp3) is 0.163. The lowest BCUT2D eigenvalue weighted by Gasteiger charge is -2.22. The van der Waals surface area contributed by atoms with E-state index in [1.807, 2.05) is 121 Å². The van der Waals surface area contributed by atoms with Crippen molar-refractivity contribution in [3.63, 3.8) is 0 Å². The number of aliphatic hydroxyl groups is 2. The van der Waals surface area contributed by atoms with Gasteiger partial charge in [0.15, 0.2) is 11.5 Å². The molecule has 6 aromatic carbocycles. The standard InChI is InChI=1S/C43H40O7/c44-38-24-36(47-27-31-13-5-1-6-14-31)25-41(49-29-33-17-9-3-10-18-33)37(38)26-39(45)43(46)35-21-22-40(48-28-32-15-7-2-8-16-32)42(23-35)50-30-34-19-11-4-12-20-34/h1-25,39,43-46H,26-30H2/t39-,43-/m1/s1/i26+1,43+1. The van der Waals surface area contributed by atoms with E-state index < -0.39 is 12.2 Å². The predicted molar refractivity (Wildman–Crippen MR) is 192 cm³/mol. The van der Waals surface area contributed by atoms with Gasteiger partial charge in [0.25, 0.3) is 0 Å². The zero-order chi connectivity index (χ0) is 34.5. The van der Waals surface area contributed by atoms with Gasteiger partial charge in [-0.2, -0.15) is 0 Å². The minimum absolute atomic E-state index is 0.0947. The second-order valence-electron chi connectivity index (χ2n) is 11.9. The van der Waals surface area contributed by atoms with E-state index in [9.17, 15) is 15.3 Å². The Bertz CT molecular complexity index is 1920. The van der Waals surface area contributed by atoms with Crippen LogP contribution in [-0.2, 0) is 32.8 Å². The molecule has 0 aromatic heterocycles. The number of aliphatic hydroxyl groups excluding tert-OH is 2. The summed E-state index contributed by atoms with van der Waals surface area (Å²) in [5, 5.41) is 34.0. The van der Waals surface area contributed by atoms with Gasteiger partial charge in [0.05, 0.1) is 6.10 Å². The third kappa shape index (κ3) is 9.44. The Hall–Kier alpha value is -5.76. The number of aromatic hydroxyl groups is 1. The minimum atomic E-state index is -1.31. The summed E-state index contributed by atoms with van der Waals surface area (Å²) in [7, 11) is 0. The summed E-state index contributed by atoms with van der Waals surface area (Å²) in [5.74, 6) is 1.60. The Balaban J connectivity index is 1.22. The van der Waals surface area contributed by atoms with Crippen LogP contribution >= 0.6 is 0 Å². The fourth-order valence-corrected chi connectivity index (χ4v) is 5.45. The van der Waals surface area contributed by atoms with Crippen molar-refractivity contribution in [1.29, 1.82) is 0 Å². The Kier molecular flexibility index (Phi) is 11.6. The van der Waals surface area contributed by atoms with E-state index in [4.69, 9.17) is 18.9 Å². The normalized spacial score (nSPS) is 12.1. The third-order valence-electron chi connectivity index (χ3n) is 8.21. The molecule has 7 heteroatoms. The van der Waals surface area contributed by atoms with Gasteiger partial charge in [0.1, 0.15) is 49.8 Å². The molecule has 7 nitrogen and oxygen atoms in total. The van der Waals surface area contributed by atoms with Crippen LogP contribution in [-0.4, -0.2) is 21.4 Å². The van der Waals surface area contributed by atoms with Crippen molar-refractivity contribution in [1.82, 2.24) is 0 Å². The van der Waals surface area contributed by atoms with Crippen molar-refractivity contribution in [3.8, 4) is 28.7 Å². The molecule has 0 saturated heterocycles. The average Bonchev–Trinajstić information content (AvgIpc) is 3.17. The van der Waals surface area contributed by atoms with E-state index in [1.165, 1.54) is 6.07 Å². The number of phenols is 1. The van der Waals surface area contributed by atoms with Crippen LogP contribution in [0.5, 0.6) is 28.7 Å². The van der Waals surface area contributed by atoms with Gasteiger partial charge in [0.2, 0.25) is 0 Å². The quantitative estimate of drug-likeness (QED) is 0.0891. The maximum Gasteiger partial charge on any atom is 0.162 e. The molecule has 2 atom stereocenters. The first-order valence-corrected chi connectivity index (χ1v) is 16.5. The van der Waals surface area contributed by atoms with Crippen LogP contribution in [0, 0.1) is 0 Å². The van der Waals surface area contributed by atoms with Crippen LogP contribution in [0.2, 0.25) is 0 Å². The highest BCUT2D eigenvalue weighted by Crippen LogP contribution is 2.38. The van der Waals surface area contributed by atoms with Crippen molar-refractivity contribution in [2.45, 2.75) is 45.1 Å². The molecule has 0 aliphatic heterocycles. The van der Waals surface area contributed by atoms with Gasteiger partial charge in [-0.05, 0) is 39.9 Å². The second kappa shape index (κ2) is 17.1. The van der Waals surface area contributed by atoms with E-state index in [-0.39, 0.29) is 18.8 Å². The van der Waals surface area contributed by atoms with Crippen LogP contribution in [0.4, 0.5) is 0 Å². The minimum Gasteiger partial charge on any atom is -0.507 e. The van der Waals surface area contributed by atoms with E-state index in [0.717, 1.165) is 22.3 Å². The Morgan fingerprint density at radius 2 is 0.880 bits per heavy atom. The Labute approximate surface area is 292 Å². The molecule has 0 aliphatic rings. The van der Waals surface area contributed by atoms with E-state index in [1.54, 1.807) is 24.3 Å². The van der Waals surface area contributed by atoms with Crippen LogP contribution in [0.3, 0.4) is 0 Å². The number of hydrogen-bond donors (Lipinski definition) is 3. The molecule has 0 unspecified atom stereocenters. The summed E-state index contributed by atoms with van der Waals surface area (Å²) in [6.07, 6.45) is -2.70. The van der Waals surface area contributed by atoms with Crippen LogP contribution in [0.25, 0.3) is 0 Å². The second-order valence-corrected chi connectivity index (χ2v) is 11.9. The fourth-order valence-electron chi connectivity index (χ4n) is 5.45. The molecule has 3 N–H and O–H groups in total. The van der Waals surface area contributed by atoms with Crippen molar-refractivity contribution in [2.24, 2.45) is 0 Å².